The molecule has 12 heteroatoms. The fraction of sp³-hybridized carbons (Fsp3) is 0.300. The van der Waals surface area contributed by atoms with Gasteiger partial charge < -0.3 is 23.9 Å². The summed E-state index contributed by atoms with van der Waals surface area (Å²) in [4.78, 5) is 28.8. The van der Waals surface area contributed by atoms with Crippen molar-refractivity contribution in [2.45, 2.75) is 53.5 Å². The van der Waals surface area contributed by atoms with Gasteiger partial charge >= 0.3 is 5.97 Å². The zero-order valence-electron chi connectivity index (χ0n) is 30.1. The predicted octanol–water partition coefficient (Wildman–Crippen LogP) is 8.88. The highest BCUT2D eigenvalue weighted by atomic mass is 35.5. The minimum atomic E-state index is -1.15. The standard InChI is InChI=1S/C40H38Cl2N6O4/c1-20-13-27(14-21(2)35(20)42)52-12-8-9-28-29-10-11-31(41)34(33-23(4)44-46(7)24(33)5)37(29)48-22(3)18-47(39(49)38(28)48)32-19-45(6)36-26(17-43)15-25(40(50)51)16-30(32)36/h10-11,13-16,19,22H,8-9,12,18H2,1-7H3,(H,50,51)/t22-/m1/s1. The van der Waals surface area contributed by atoms with Crippen LogP contribution < -0.4 is 9.64 Å². The molecule has 1 aliphatic heterocycles. The Morgan fingerprint density at radius 3 is 2.38 bits per heavy atom. The van der Waals surface area contributed by atoms with Gasteiger partial charge in [0, 0.05) is 65.5 Å². The molecule has 6 aromatic rings. The number of aromatic carboxylic acids is 1. The first kappa shape index (κ1) is 35.2. The summed E-state index contributed by atoms with van der Waals surface area (Å²) >= 11 is 13.5. The number of hydrogen-bond donors (Lipinski definition) is 1. The number of carbonyl (C=O) groups is 2. The predicted molar refractivity (Wildman–Crippen MR) is 204 cm³/mol. The first-order chi connectivity index (χ1) is 24.7. The van der Waals surface area contributed by atoms with E-state index in [9.17, 15) is 15.2 Å². The second kappa shape index (κ2) is 13.1. The molecule has 1 N–H and O–H groups in total. The minimum Gasteiger partial charge on any atom is -0.494 e. The van der Waals surface area contributed by atoms with E-state index in [2.05, 4.69) is 17.6 Å². The van der Waals surface area contributed by atoms with Crippen molar-refractivity contribution >= 4 is 62.6 Å². The van der Waals surface area contributed by atoms with Crippen LogP contribution in [0.25, 0.3) is 32.9 Å². The molecule has 1 amide bonds. The molecule has 266 valence electrons. The van der Waals surface area contributed by atoms with Gasteiger partial charge in [-0.25, -0.2) is 4.79 Å². The topological polar surface area (TPSA) is 118 Å². The van der Waals surface area contributed by atoms with Crippen LogP contribution in [-0.2, 0) is 20.5 Å². The van der Waals surface area contributed by atoms with Gasteiger partial charge in [-0.3, -0.25) is 9.48 Å². The summed E-state index contributed by atoms with van der Waals surface area (Å²) in [6, 6.07) is 12.6. The summed E-state index contributed by atoms with van der Waals surface area (Å²) in [6.45, 7) is 10.7. The molecule has 0 saturated carbocycles. The Hall–Kier alpha value is -5.24. The number of nitriles is 1. The third-order valence-corrected chi connectivity index (χ3v) is 11.2. The Labute approximate surface area is 311 Å². The summed E-state index contributed by atoms with van der Waals surface area (Å²) < 4.78 is 11.9. The number of hydrogen-bond acceptors (Lipinski definition) is 5. The average Bonchev–Trinajstić information content (AvgIpc) is 3.71. The fourth-order valence-electron chi connectivity index (χ4n) is 7.89. The molecule has 0 saturated heterocycles. The van der Waals surface area contributed by atoms with E-state index in [0.29, 0.717) is 53.3 Å². The third kappa shape index (κ3) is 5.51. The maximum absolute atomic E-state index is 15.0. The number of anilines is 1. The number of aromatic nitrogens is 4. The molecule has 0 bridgehead atoms. The number of halogens is 2. The van der Waals surface area contributed by atoms with Gasteiger partial charge in [0.15, 0.2) is 0 Å². The van der Waals surface area contributed by atoms with E-state index in [1.807, 2.05) is 63.7 Å². The van der Waals surface area contributed by atoms with Gasteiger partial charge in [0.25, 0.3) is 5.91 Å². The van der Waals surface area contributed by atoms with E-state index in [4.69, 9.17) is 33.0 Å². The molecule has 3 aromatic carbocycles. The highest BCUT2D eigenvalue weighted by Crippen LogP contribution is 2.46. The lowest BCUT2D eigenvalue weighted by molar-refractivity contribution is 0.0696. The Kier molecular flexibility index (Phi) is 8.84. The summed E-state index contributed by atoms with van der Waals surface area (Å²) in [6.07, 6.45) is 2.97. The quantitative estimate of drug-likeness (QED) is 0.156. The molecule has 0 unspecified atom stereocenters. The van der Waals surface area contributed by atoms with Gasteiger partial charge in [-0.1, -0.05) is 29.3 Å². The van der Waals surface area contributed by atoms with Crippen molar-refractivity contribution in [1.82, 2.24) is 18.9 Å². The van der Waals surface area contributed by atoms with Gasteiger partial charge in [-0.2, -0.15) is 10.4 Å². The average molecular weight is 738 g/mol. The highest BCUT2D eigenvalue weighted by Gasteiger charge is 2.38. The maximum atomic E-state index is 15.0. The second-order valence-electron chi connectivity index (χ2n) is 13.7. The normalized spacial score (nSPS) is 14.3. The lowest BCUT2D eigenvalue weighted by atomic mass is 9.98. The minimum absolute atomic E-state index is 0.0172. The van der Waals surface area contributed by atoms with Gasteiger partial charge in [-0.05, 0) is 94.5 Å². The van der Waals surface area contributed by atoms with E-state index in [1.165, 1.54) is 6.07 Å². The third-order valence-electron chi connectivity index (χ3n) is 10.3. The summed E-state index contributed by atoms with van der Waals surface area (Å²) in [5.41, 5.74) is 9.07. The second-order valence-corrected chi connectivity index (χ2v) is 14.5. The molecule has 7 rings (SSSR count). The monoisotopic (exact) mass is 736 g/mol. The van der Waals surface area contributed by atoms with Gasteiger partial charge in [0.05, 0.1) is 45.2 Å². The van der Waals surface area contributed by atoms with E-state index in [1.54, 1.807) is 28.8 Å². The summed E-state index contributed by atoms with van der Waals surface area (Å²) in [7, 11) is 3.70. The van der Waals surface area contributed by atoms with E-state index >= 15 is 4.79 Å². The van der Waals surface area contributed by atoms with Crippen LogP contribution >= 0.6 is 23.2 Å². The smallest absolute Gasteiger partial charge is 0.335 e. The number of carboxylic acid groups (broad SMARTS) is 1. The van der Waals surface area contributed by atoms with Crippen molar-refractivity contribution < 1.29 is 19.4 Å². The lowest BCUT2D eigenvalue weighted by Crippen LogP contribution is -2.42. The number of nitrogens with zero attached hydrogens (tertiary/aromatic N) is 6. The number of aryl methyl sites for hydroxylation is 6. The van der Waals surface area contributed by atoms with Crippen LogP contribution in [0.5, 0.6) is 5.75 Å². The van der Waals surface area contributed by atoms with Crippen molar-refractivity contribution in [3.63, 3.8) is 0 Å². The SMILES string of the molecule is Cc1cc(OCCCc2c3n(c4c(-c5c(C)nn(C)c5C)c(Cl)ccc24)[C@H](C)CN(c2cn(C)c4c(C#N)cc(C(=O)O)cc24)C3=O)cc(C)c1Cl. The van der Waals surface area contributed by atoms with Crippen LogP contribution in [0.2, 0.25) is 10.0 Å². The number of benzene rings is 3. The van der Waals surface area contributed by atoms with Crippen LogP contribution in [0.1, 0.15) is 73.9 Å². The molecule has 4 heterocycles. The van der Waals surface area contributed by atoms with Crippen LogP contribution in [0.4, 0.5) is 5.69 Å². The molecule has 52 heavy (non-hydrogen) atoms. The number of carbonyl (C=O) groups excluding carboxylic acids is 1. The largest absolute Gasteiger partial charge is 0.494 e. The first-order valence-corrected chi connectivity index (χ1v) is 17.8. The highest BCUT2D eigenvalue weighted by molar-refractivity contribution is 6.35. The zero-order chi connectivity index (χ0) is 37.3. The Balaban J connectivity index is 1.40. The molecule has 0 spiro atoms. The lowest BCUT2D eigenvalue weighted by Gasteiger charge is -2.34. The number of carboxylic acids is 1. The summed E-state index contributed by atoms with van der Waals surface area (Å²) in [5, 5.41) is 27.3. The molecule has 3 aromatic heterocycles. The van der Waals surface area contributed by atoms with Crippen molar-refractivity contribution in [2.75, 3.05) is 18.1 Å². The van der Waals surface area contributed by atoms with Crippen LogP contribution in [0.3, 0.4) is 0 Å². The fourth-order valence-corrected chi connectivity index (χ4v) is 8.24. The van der Waals surface area contributed by atoms with Crippen LogP contribution in [0, 0.1) is 39.0 Å². The first-order valence-electron chi connectivity index (χ1n) is 17.1. The Morgan fingerprint density at radius 2 is 1.75 bits per heavy atom. The van der Waals surface area contributed by atoms with Crippen LogP contribution in [0.15, 0.2) is 42.6 Å². The molecule has 0 fully saturated rings. The van der Waals surface area contributed by atoms with Crippen molar-refractivity contribution in [1.29, 1.82) is 5.26 Å². The zero-order valence-corrected chi connectivity index (χ0v) is 31.6. The molecule has 1 aliphatic rings. The van der Waals surface area contributed by atoms with E-state index in [-0.39, 0.29) is 23.1 Å². The molecule has 0 aliphatic carbocycles. The van der Waals surface area contributed by atoms with Crippen molar-refractivity contribution in [3.8, 4) is 22.9 Å². The Morgan fingerprint density at radius 1 is 1.04 bits per heavy atom. The van der Waals surface area contributed by atoms with Crippen molar-refractivity contribution in [3.05, 3.63) is 97.5 Å². The molecule has 0 radical (unpaired) electrons. The van der Waals surface area contributed by atoms with Crippen LogP contribution in [-0.4, -0.2) is 49.0 Å². The Bertz CT molecular complexity index is 2510. The number of rotatable bonds is 8. The number of fused-ring (bicyclic) bond motifs is 4. The summed E-state index contributed by atoms with van der Waals surface area (Å²) in [5.74, 6) is -0.628. The van der Waals surface area contributed by atoms with Gasteiger partial charge in [0.1, 0.15) is 17.5 Å². The maximum Gasteiger partial charge on any atom is 0.335 e. The van der Waals surface area contributed by atoms with Crippen molar-refractivity contribution in [2.24, 2.45) is 14.1 Å². The molecular weight excluding hydrogens is 699 g/mol. The van der Waals surface area contributed by atoms with Gasteiger partial charge in [-0.15, -0.1) is 0 Å². The van der Waals surface area contributed by atoms with E-state index in [0.717, 1.165) is 60.9 Å². The molecule has 10 nitrogen and oxygen atoms in total. The molecule has 1 atom stereocenters. The van der Waals surface area contributed by atoms with E-state index < -0.39 is 5.97 Å². The number of ether oxygens (including phenoxy) is 1. The number of amides is 1. The molecular formula is C40H38Cl2N6O4. The van der Waals surface area contributed by atoms with Gasteiger partial charge in [0.2, 0.25) is 0 Å².